The lowest BCUT2D eigenvalue weighted by atomic mass is 9.70. The number of fused-ring (bicyclic) bond motifs is 1. The van der Waals surface area contributed by atoms with Gasteiger partial charge in [0.1, 0.15) is 11.8 Å². The monoisotopic (exact) mass is 361 g/mol. The Balaban J connectivity index is 2.02. The topological polar surface area (TPSA) is 116 Å². The van der Waals surface area contributed by atoms with Gasteiger partial charge >= 0.3 is 0 Å². The van der Waals surface area contributed by atoms with Crippen LogP contribution in [-0.4, -0.2) is 5.78 Å². The molecular formula is C21H21N4O2+. The van der Waals surface area contributed by atoms with Crippen molar-refractivity contribution in [3.8, 4) is 11.9 Å². The molecule has 1 atom stereocenters. The molecule has 2 aliphatic rings. The number of hydrogen-bond donors (Lipinski definition) is 2. The zero-order chi connectivity index (χ0) is 19.3. The first-order valence-electron chi connectivity index (χ1n) is 8.85. The molecule has 1 aliphatic carbocycles. The summed E-state index contributed by atoms with van der Waals surface area (Å²) < 4.78 is 6.09. The molecule has 2 heterocycles. The Morgan fingerprint density at radius 2 is 1.93 bits per heavy atom. The Morgan fingerprint density at radius 1 is 1.22 bits per heavy atom. The van der Waals surface area contributed by atoms with E-state index in [0.717, 1.165) is 5.56 Å². The molecule has 1 aromatic heterocycles. The van der Waals surface area contributed by atoms with Gasteiger partial charge < -0.3 is 10.5 Å². The number of hydrogen-bond acceptors (Lipinski definition) is 5. The van der Waals surface area contributed by atoms with E-state index in [1.54, 1.807) is 0 Å². The van der Waals surface area contributed by atoms with Crippen molar-refractivity contribution in [1.82, 2.24) is 0 Å². The fourth-order valence-electron chi connectivity index (χ4n) is 4.08. The number of aromatic amines is 1. The number of carbonyl (C=O) groups excluding carboxylic acids is 1. The third-order valence-electron chi connectivity index (χ3n) is 5.25. The lowest BCUT2D eigenvalue weighted by Gasteiger charge is -2.37. The van der Waals surface area contributed by atoms with Crippen molar-refractivity contribution in [2.75, 3.05) is 11.5 Å². The Morgan fingerprint density at radius 3 is 2.59 bits per heavy atom. The van der Waals surface area contributed by atoms with Crippen molar-refractivity contribution in [2.24, 2.45) is 5.41 Å². The number of nitriles is 1. The van der Waals surface area contributed by atoms with Gasteiger partial charge in [-0.3, -0.25) is 10.5 Å². The number of allylic oxidation sites excluding steroid dienone is 2. The van der Waals surface area contributed by atoms with Crippen molar-refractivity contribution in [1.29, 1.82) is 5.26 Å². The number of anilines is 2. The number of nitrogens with zero attached hydrogens (tertiary/aromatic N) is 1. The number of carbonyl (C=O) groups is 1. The first-order valence-corrected chi connectivity index (χ1v) is 8.85. The largest absolute Gasteiger partial charge is 0.427 e. The molecule has 136 valence electrons. The molecule has 1 aliphatic heterocycles. The maximum atomic E-state index is 13.1. The van der Waals surface area contributed by atoms with E-state index in [4.69, 9.17) is 16.2 Å². The van der Waals surface area contributed by atoms with Crippen LogP contribution in [0.2, 0.25) is 0 Å². The number of benzene rings is 1. The van der Waals surface area contributed by atoms with Gasteiger partial charge in [0, 0.05) is 18.4 Å². The average molecular weight is 361 g/mol. The van der Waals surface area contributed by atoms with Crippen LogP contribution in [-0.2, 0) is 4.79 Å². The molecule has 0 amide bonds. The summed E-state index contributed by atoms with van der Waals surface area (Å²) in [4.78, 5) is 16.1. The number of ether oxygens (including phenoxy) is 1. The summed E-state index contributed by atoms with van der Waals surface area (Å²) in [7, 11) is 0. The highest BCUT2D eigenvalue weighted by Crippen LogP contribution is 2.51. The Hall–Kier alpha value is -3.33. The summed E-state index contributed by atoms with van der Waals surface area (Å²) in [5.74, 6) is 0.874. The smallest absolute Gasteiger partial charge is 0.293 e. The minimum absolute atomic E-state index is 0.0514. The summed E-state index contributed by atoms with van der Waals surface area (Å²) in [6.45, 7) is 4.10. The molecule has 0 saturated heterocycles. The van der Waals surface area contributed by atoms with Crippen LogP contribution >= 0.6 is 0 Å². The van der Waals surface area contributed by atoms with Crippen molar-refractivity contribution in [2.45, 2.75) is 32.6 Å². The molecule has 2 aromatic rings. The highest BCUT2D eigenvalue weighted by Gasteiger charge is 2.44. The second-order valence-electron chi connectivity index (χ2n) is 7.91. The third-order valence-corrected chi connectivity index (χ3v) is 5.25. The predicted molar refractivity (Wildman–Crippen MR) is 100 cm³/mol. The van der Waals surface area contributed by atoms with E-state index in [2.05, 4.69) is 18.8 Å². The van der Waals surface area contributed by atoms with Gasteiger partial charge in [-0.05, 0) is 11.0 Å². The zero-order valence-electron chi connectivity index (χ0n) is 15.3. The minimum Gasteiger partial charge on any atom is -0.427 e. The fourth-order valence-corrected chi connectivity index (χ4v) is 4.08. The van der Waals surface area contributed by atoms with Crippen LogP contribution in [0.25, 0.3) is 0 Å². The second-order valence-corrected chi connectivity index (χ2v) is 7.91. The lowest BCUT2D eigenvalue weighted by Crippen LogP contribution is -2.35. The van der Waals surface area contributed by atoms with E-state index in [9.17, 15) is 10.1 Å². The SMILES string of the molecule is CC1(C)CC(=O)C2=C(C1)Oc1[nH+]c(N)c(C#N)c(N)c1[C@@H]2c1ccccc1. The number of pyridine rings is 1. The highest BCUT2D eigenvalue weighted by atomic mass is 16.5. The average Bonchev–Trinajstić information content (AvgIpc) is 2.60. The Kier molecular flexibility index (Phi) is 3.70. The van der Waals surface area contributed by atoms with Crippen LogP contribution in [0.4, 0.5) is 11.5 Å². The zero-order valence-corrected chi connectivity index (χ0v) is 15.3. The molecule has 6 nitrogen and oxygen atoms in total. The second kappa shape index (κ2) is 5.85. The van der Waals surface area contributed by atoms with Gasteiger partial charge in [-0.1, -0.05) is 44.2 Å². The molecule has 6 heteroatoms. The summed E-state index contributed by atoms with van der Waals surface area (Å²) in [6, 6.07) is 11.7. The quantitative estimate of drug-likeness (QED) is 0.810. The van der Waals surface area contributed by atoms with Gasteiger partial charge in [-0.2, -0.15) is 5.26 Å². The molecule has 4 rings (SSSR count). The van der Waals surface area contributed by atoms with Gasteiger partial charge in [0.2, 0.25) is 0 Å². The van der Waals surface area contributed by atoms with Crippen LogP contribution in [0.1, 0.15) is 49.3 Å². The maximum absolute atomic E-state index is 13.1. The van der Waals surface area contributed by atoms with Crippen LogP contribution < -0.4 is 21.2 Å². The van der Waals surface area contributed by atoms with Crippen LogP contribution in [0.5, 0.6) is 5.88 Å². The van der Waals surface area contributed by atoms with Gasteiger partial charge in [-0.25, -0.2) is 4.98 Å². The standard InChI is InChI=1S/C21H20N4O2/c1-21(2)8-13(26)16-14(9-21)27-20-17(15(16)11-6-4-3-5-7-11)18(23)12(10-22)19(24)25-20/h3-7,15H,8-9H2,1-2H3,(H4,23,24,25)/p+1/t15-/m1/s1. The molecule has 0 radical (unpaired) electrons. The minimum atomic E-state index is -0.391. The van der Waals surface area contributed by atoms with Gasteiger partial charge in [0.25, 0.3) is 11.7 Å². The highest BCUT2D eigenvalue weighted by molar-refractivity contribution is 6.00. The third kappa shape index (κ3) is 2.63. The van der Waals surface area contributed by atoms with E-state index < -0.39 is 5.92 Å². The van der Waals surface area contributed by atoms with E-state index in [0.29, 0.717) is 35.6 Å². The molecule has 27 heavy (non-hydrogen) atoms. The lowest BCUT2D eigenvalue weighted by molar-refractivity contribution is -0.377. The van der Waals surface area contributed by atoms with Gasteiger partial charge in [0.15, 0.2) is 11.3 Å². The summed E-state index contributed by atoms with van der Waals surface area (Å²) in [5, 5.41) is 9.46. The van der Waals surface area contributed by atoms with Crippen molar-refractivity contribution < 1.29 is 14.5 Å². The van der Waals surface area contributed by atoms with Crippen molar-refractivity contribution in [3.63, 3.8) is 0 Å². The number of ketones is 1. The predicted octanol–water partition coefficient (Wildman–Crippen LogP) is 2.70. The number of rotatable bonds is 1. The normalized spacial score (nSPS) is 20.3. The van der Waals surface area contributed by atoms with E-state index in [-0.39, 0.29) is 28.3 Å². The summed E-state index contributed by atoms with van der Waals surface area (Å²) >= 11 is 0. The first-order chi connectivity index (χ1) is 12.8. The van der Waals surface area contributed by atoms with Crippen molar-refractivity contribution in [3.05, 3.63) is 58.4 Å². The van der Waals surface area contributed by atoms with E-state index >= 15 is 0 Å². The Bertz CT molecular complexity index is 1030. The number of nitrogens with two attached hydrogens (primary N) is 2. The fraction of sp³-hybridized carbons (Fsp3) is 0.286. The molecule has 0 spiro atoms. The number of H-pyrrole nitrogens is 1. The van der Waals surface area contributed by atoms with Gasteiger partial charge in [0.05, 0.1) is 17.2 Å². The van der Waals surface area contributed by atoms with Crippen LogP contribution in [0, 0.1) is 16.7 Å². The number of nitrogen functional groups attached to an aromatic ring is 2. The molecule has 1 aromatic carbocycles. The van der Waals surface area contributed by atoms with Crippen molar-refractivity contribution >= 4 is 17.3 Å². The molecule has 0 bridgehead atoms. The molecule has 0 saturated carbocycles. The number of aromatic nitrogens is 1. The summed E-state index contributed by atoms with van der Waals surface area (Å²) in [5.41, 5.74) is 14.7. The van der Waals surface area contributed by atoms with E-state index in [1.165, 1.54) is 0 Å². The van der Waals surface area contributed by atoms with Crippen LogP contribution in [0.3, 0.4) is 0 Å². The maximum Gasteiger partial charge on any atom is 0.293 e. The Labute approximate surface area is 157 Å². The number of Topliss-reactive ketones (excluding diaryl/α,β-unsaturated/α-hetero) is 1. The number of nitrogens with one attached hydrogen (secondary N) is 1. The molecule has 0 fully saturated rings. The molecular weight excluding hydrogens is 340 g/mol. The molecule has 5 N–H and O–H groups in total. The van der Waals surface area contributed by atoms with E-state index in [1.807, 2.05) is 36.4 Å². The van der Waals surface area contributed by atoms with Gasteiger partial charge in [-0.15, -0.1) is 0 Å². The molecule has 0 unspecified atom stereocenters. The van der Waals surface area contributed by atoms with Crippen LogP contribution in [0.15, 0.2) is 41.7 Å². The summed E-state index contributed by atoms with van der Waals surface area (Å²) in [6.07, 6.45) is 1.09. The first kappa shape index (κ1) is 17.1.